The molecular weight excluding hydrogens is 306 g/mol. The zero-order chi connectivity index (χ0) is 17.1. The number of para-hydroxylation sites is 2. The second-order valence-electron chi connectivity index (χ2n) is 5.76. The van der Waals surface area contributed by atoms with Gasteiger partial charge in [0.15, 0.2) is 0 Å². The van der Waals surface area contributed by atoms with Gasteiger partial charge in [0.05, 0.1) is 4.92 Å². The first-order chi connectivity index (χ1) is 11.6. The van der Waals surface area contributed by atoms with E-state index in [9.17, 15) is 14.9 Å². The molecule has 3 rings (SSSR count). The van der Waals surface area contributed by atoms with Gasteiger partial charge in [0.2, 0.25) is 0 Å². The summed E-state index contributed by atoms with van der Waals surface area (Å²) in [5, 5.41) is 14.4. The zero-order valence-corrected chi connectivity index (χ0v) is 13.4. The summed E-state index contributed by atoms with van der Waals surface area (Å²) in [4.78, 5) is 25.3. The fourth-order valence-corrected chi connectivity index (χ4v) is 2.99. The number of hydrogen-bond donors (Lipinski definition) is 1. The van der Waals surface area contributed by atoms with Crippen molar-refractivity contribution in [1.29, 1.82) is 0 Å². The molecule has 0 radical (unpaired) electrons. The molecule has 1 heterocycles. The Hall–Kier alpha value is -2.89. The molecule has 0 saturated carbocycles. The van der Waals surface area contributed by atoms with Crippen LogP contribution in [0.25, 0.3) is 0 Å². The van der Waals surface area contributed by atoms with Gasteiger partial charge in [0.1, 0.15) is 11.9 Å². The van der Waals surface area contributed by atoms with Crippen LogP contribution in [-0.2, 0) is 0 Å². The van der Waals surface area contributed by atoms with Crippen molar-refractivity contribution in [2.45, 2.75) is 25.9 Å². The Kier molecular flexibility index (Phi) is 4.46. The van der Waals surface area contributed by atoms with E-state index in [1.165, 1.54) is 6.07 Å². The minimum Gasteiger partial charge on any atom is -0.356 e. The third-order valence-electron chi connectivity index (χ3n) is 4.20. The maximum atomic E-state index is 12.7. The molecule has 0 fully saturated rings. The number of unbranched alkanes of at least 4 members (excludes halogenated alkanes) is 1. The van der Waals surface area contributed by atoms with Crippen LogP contribution in [0.15, 0.2) is 48.5 Å². The van der Waals surface area contributed by atoms with E-state index in [2.05, 4.69) is 12.2 Å². The summed E-state index contributed by atoms with van der Waals surface area (Å²) in [6, 6.07) is 13.9. The van der Waals surface area contributed by atoms with Crippen LogP contribution in [0.3, 0.4) is 0 Å². The van der Waals surface area contributed by atoms with Gasteiger partial charge in [-0.15, -0.1) is 0 Å². The molecule has 6 heteroatoms. The highest BCUT2D eigenvalue weighted by Gasteiger charge is 2.36. The standard InChI is InChI=1S/C18H19N3O3/c1-2-3-12-20-17(13-8-4-5-9-14(13)18(20)22)19-15-10-6-7-11-16(15)21(23)24/h4-11,17,19H,2-3,12H2,1H3/t17-/m1/s1. The smallest absolute Gasteiger partial charge is 0.292 e. The molecule has 0 saturated heterocycles. The Morgan fingerprint density at radius 1 is 1.17 bits per heavy atom. The number of benzene rings is 2. The molecule has 0 unspecified atom stereocenters. The summed E-state index contributed by atoms with van der Waals surface area (Å²) in [5.41, 5.74) is 1.93. The van der Waals surface area contributed by atoms with Crippen molar-refractivity contribution in [1.82, 2.24) is 4.90 Å². The lowest BCUT2D eigenvalue weighted by molar-refractivity contribution is -0.384. The van der Waals surface area contributed by atoms with Crippen LogP contribution >= 0.6 is 0 Å². The summed E-state index contributed by atoms with van der Waals surface area (Å²) < 4.78 is 0. The van der Waals surface area contributed by atoms with Crippen LogP contribution in [0, 0.1) is 10.1 Å². The average molecular weight is 325 g/mol. The highest BCUT2D eigenvalue weighted by atomic mass is 16.6. The van der Waals surface area contributed by atoms with Gasteiger partial charge in [0, 0.05) is 23.7 Å². The number of carbonyl (C=O) groups excluding carboxylic acids is 1. The van der Waals surface area contributed by atoms with Crippen LogP contribution in [0.1, 0.15) is 41.9 Å². The van der Waals surface area contributed by atoms with Crippen LogP contribution in [0.4, 0.5) is 11.4 Å². The number of nitro benzene ring substituents is 1. The van der Waals surface area contributed by atoms with E-state index in [4.69, 9.17) is 0 Å². The normalized spacial score (nSPS) is 16.1. The molecule has 1 aliphatic rings. The fraction of sp³-hybridized carbons (Fsp3) is 0.278. The Balaban J connectivity index is 1.97. The van der Waals surface area contributed by atoms with E-state index >= 15 is 0 Å². The molecule has 0 bridgehead atoms. The minimum atomic E-state index is -0.415. The maximum Gasteiger partial charge on any atom is 0.292 e. The number of hydrogen-bond acceptors (Lipinski definition) is 4. The third-order valence-corrected chi connectivity index (χ3v) is 4.20. The maximum absolute atomic E-state index is 12.7. The van der Waals surface area contributed by atoms with Crippen molar-refractivity contribution < 1.29 is 9.72 Å². The van der Waals surface area contributed by atoms with E-state index in [0.717, 1.165) is 18.4 Å². The molecule has 1 aliphatic heterocycles. The lowest BCUT2D eigenvalue weighted by Gasteiger charge is -2.26. The second kappa shape index (κ2) is 6.70. The van der Waals surface area contributed by atoms with E-state index in [-0.39, 0.29) is 17.8 Å². The van der Waals surface area contributed by atoms with Crippen molar-refractivity contribution >= 4 is 17.3 Å². The van der Waals surface area contributed by atoms with Crippen LogP contribution in [0.2, 0.25) is 0 Å². The van der Waals surface area contributed by atoms with Gasteiger partial charge in [-0.3, -0.25) is 14.9 Å². The zero-order valence-electron chi connectivity index (χ0n) is 13.4. The van der Waals surface area contributed by atoms with Crippen molar-refractivity contribution in [3.05, 3.63) is 69.8 Å². The van der Waals surface area contributed by atoms with E-state index in [0.29, 0.717) is 17.8 Å². The van der Waals surface area contributed by atoms with Gasteiger partial charge in [0.25, 0.3) is 11.6 Å². The number of nitrogens with one attached hydrogen (secondary N) is 1. The van der Waals surface area contributed by atoms with E-state index in [1.807, 2.05) is 18.2 Å². The minimum absolute atomic E-state index is 0.00442. The Morgan fingerprint density at radius 2 is 1.88 bits per heavy atom. The Bertz CT molecular complexity index is 776. The molecular formula is C18H19N3O3. The van der Waals surface area contributed by atoms with Crippen molar-refractivity contribution in [3.8, 4) is 0 Å². The molecule has 1 atom stereocenters. The number of amides is 1. The Morgan fingerprint density at radius 3 is 2.62 bits per heavy atom. The summed E-state index contributed by atoms with van der Waals surface area (Å²) in [5.74, 6) is -0.0323. The highest BCUT2D eigenvalue weighted by Crippen LogP contribution is 2.36. The van der Waals surface area contributed by atoms with Gasteiger partial charge in [-0.1, -0.05) is 43.7 Å². The summed E-state index contributed by atoms with van der Waals surface area (Å²) in [6.07, 6.45) is 1.47. The number of carbonyl (C=O) groups is 1. The van der Waals surface area contributed by atoms with Crippen molar-refractivity contribution in [2.75, 3.05) is 11.9 Å². The van der Waals surface area contributed by atoms with Crippen LogP contribution < -0.4 is 5.32 Å². The van der Waals surface area contributed by atoms with Crippen LogP contribution in [0.5, 0.6) is 0 Å². The quantitative estimate of drug-likeness (QED) is 0.644. The number of rotatable bonds is 6. The highest BCUT2D eigenvalue weighted by molar-refractivity contribution is 5.99. The van der Waals surface area contributed by atoms with Crippen molar-refractivity contribution in [3.63, 3.8) is 0 Å². The predicted octanol–water partition coefficient (Wildman–Crippen LogP) is 3.96. The Labute approximate surface area is 140 Å². The number of nitro groups is 1. The van der Waals surface area contributed by atoms with Gasteiger partial charge in [-0.05, 0) is 18.6 Å². The van der Waals surface area contributed by atoms with Crippen molar-refractivity contribution in [2.24, 2.45) is 0 Å². The lowest BCUT2D eigenvalue weighted by Crippen LogP contribution is -2.33. The topological polar surface area (TPSA) is 75.5 Å². The lowest BCUT2D eigenvalue weighted by atomic mass is 10.1. The first kappa shape index (κ1) is 16.0. The van der Waals surface area contributed by atoms with Gasteiger partial charge < -0.3 is 10.2 Å². The molecule has 24 heavy (non-hydrogen) atoms. The molecule has 1 N–H and O–H groups in total. The van der Waals surface area contributed by atoms with E-state index < -0.39 is 4.92 Å². The number of fused-ring (bicyclic) bond motifs is 1. The summed E-state index contributed by atoms with van der Waals surface area (Å²) in [6.45, 7) is 2.68. The fourth-order valence-electron chi connectivity index (χ4n) is 2.99. The molecule has 0 aliphatic carbocycles. The van der Waals surface area contributed by atoms with Crippen LogP contribution in [-0.4, -0.2) is 22.3 Å². The molecule has 0 spiro atoms. The third kappa shape index (κ3) is 2.82. The molecule has 0 aromatic heterocycles. The first-order valence-electron chi connectivity index (χ1n) is 8.03. The molecule has 2 aromatic rings. The monoisotopic (exact) mass is 325 g/mol. The number of anilines is 1. The van der Waals surface area contributed by atoms with E-state index in [1.54, 1.807) is 29.2 Å². The van der Waals surface area contributed by atoms with Gasteiger partial charge >= 0.3 is 0 Å². The predicted molar refractivity (Wildman–Crippen MR) is 91.8 cm³/mol. The molecule has 6 nitrogen and oxygen atoms in total. The first-order valence-corrected chi connectivity index (χ1v) is 8.03. The summed E-state index contributed by atoms with van der Waals surface area (Å²) in [7, 11) is 0. The largest absolute Gasteiger partial charge is 0.356 e. The SMILES string of the molecule is CCCCN1C(=O)c2ccccc2[C@@H]1Nc1ccccc1[N+](=O)[O-]. The number of nitrogens with zero attached hydrogens (tertiary/aromatic N) is 2. The molecule has 2 aromatic carbocycles. The summed E-state index contributed by atoms with van der Waals surface area (Å²) >= 11 is 0. The van der Waals surface area contributed by atoms with Gasteiger partial charge in [-0.25, -0.2) is 0 Å². The molecule has 124 valence electrons. The second-order valence-corrected chi connectivity index (χ2v) is 5.76. The average Bonchev–Trinajstić information content (AvgIpc) is 2.86. The van der Waals surface area contributed by atoms with Gasteiger partial charge in [-0.2, -0.15) is 0 Å². The molecule has 1 amide bonds.